The van der Waals surface area contributed by atoms with E-state index < -0.39 is 5.78 Å². The summed E-state index contributed by atoms with van der Waals surface area (Å²) in [5.41, 5.74) is 0.929. The second-order valence-electron chi connectivity index (χ2n) is 4.63. The van der Waals surface area contributed by atoms with E-state index in [0.717, 1.165) is 24.5 Å². The van der Waals surface area contributed by atoms with Crippen molar-refractivity contribution in [2.24, 2.45) is 0 Å². The van der Waals surface area contributed by atoms with Gasteiger partial charge >= 0.3 is 0 Å². The third-order valence-electron chi connectivity index (χ3n) is 2.85. The summed E-state index contributed by atoms with van der Waals surface area (Å²) in [6, 6.07) is 9.70. The number of nitrogens with one attached hydrogen (secondary N) is 1. The van der Waals surface area contributed by atoms with E-state index in [2.05, 4.69) is 11.9 Å². The van der Waals surface area contributed by atoms with Crippen molar-refractivity contribution in [1.82, 2.24) is 5.32 Å². The van der Waals surface area contributed by atoms with Gasteiger partial charge in [-0.3, -0.25) is 9.59 Å². The second kappa shape index (κ2) is 6.70. The van der Waals surface area contributed by atoms with Crippen LogP contribution in [-0.4, -0.2) is 17.7 Å². The highest BCUT2D eigenvalue weighted by Crippen LogP contribution is 2.18. The van der Waals surface area contributed by atoms with Crippen LogP contribution in [0.3, 0.4) is 0 Å². The maximum atomic E-state index is 11.7. The molecule has 1 aromatic carbocycles. The predicted octanol–water partition coefficient (Wildman–Crippen LogP) is 2.12. The van der Waals surface area contributed by atoms with Gasteiger partial charge in [0.2, 0.25) is 11.7 Å². The SMILES string of the molecule is C=CC(=O)/C(=C/C(=O)NC1CC1)OCc1ccccc1. The van der Waals surface area contributed by atoms with E-state index in [9.17, 15) is 9.59 Å². The normalized spacial score (nSPS) is 14.5. The van der Waals surface area contributed by atoms with E-state index >= 15 is 0 Å². The van der Waals surface area contributed by atoms with Crippen LogP contribution in [0.1, 0.15) is 18.4 Å². The second-order valence-corrected chi connectivity index (χ2v) is 4.63. The molecule has 1 aliphatic carbocycles. The summed E-state index contributed by atoms with van der Waals surface area (Å²) in [7, 11) is 0. The number of carbonyl (C=O) groups excluding carboxylic acids is 2. The molecule has 0 aromatic heterocycles. The van der Waals surface area contributed by atoms with Crippen LogP contribution in [-0.2, 0) is 20.9 Å². The maximum Gasteiger partial charge on any atom is 0.248 e. The van der Waals surface area contributed by atoms with Crippen molar-refractivity contribution in [3.05, 3.63) is 60.4 Å². The fraction of sp³-hybridized carbons (Fsp3) is 0.250. The average Bonchev–Trinajstić information content (AvgIpc) is 3.27. The number of hydrogen-bond acceptors (Lipinski definition) is 3. The highest BCUT2D eigenvalue weighted by atomic mass is 16.5. The number of rotatable bonds is 7. The molecule has 4 heteroatoms. The Labute approximate surface area is 118 Å². The number of ketones is 1. The number of ether oxygens (including phenoxy) is 1. The van der Waals surface area contributed by atoms with Gasteiger partial charge in [0.15, 0.2) is 5.76 Å². The molecule has 2 rings (SSSR count). The van der Waals surface area contributed by atoms with Crippen molar-refractivity contribution in [2.45, 2.75) is 25.5 Å². The van der Waals surface area contributed by atoms with Crippen molar-refractivity contribution < 1.29 is 14.3 Å². The minimum atomic E-state index is -0.396. The zero-order valence-electron chi connectivity index (χ0n) is 11.2. The van der Waals surface area contributed by atoms with Crippen LogP contribution in [0.15, 0.2) is 54.8 Å². The molecule has 1 fully saturated rings. The molecule has 1 aliphatic rings. The fourth-order valence-electron chi connectivity index (χ4n) is 1.61. The Kier molecular flexibility index (Phi) is 4.71. The van der Waals surface area contributed by atoms with Crippen LogP contribution in [0.4, 0.5) is 0 Å². The lowest BCUT2D eigenvalue weighted by Crippen LogP contribution is -2.24. The molecule has 1 aromatic rings. The third-order valence-corrected chi connectivity index (χ3v) is 2.85. The number of amides is 1. The predicted molar refractivity (Wildman–Crippen MR) is 75.7 cm³/mol. The molecule has 0 radical (unpaired) electrons. The summed E-state index contributed by atoms with van der Waals surface area (Å²) in [4.78, 5) is 23.4. The zero-order valence-corrected chi connectivity index (χ0v) is 11.2. The number of carbonyl (C=O) groups is 2. The summed E-state index contributed by atoms with van der Waals surface area (Å²) < 4.78 is 5.43. The largest absolute Gasteiger partial charge is 0.485 e. The van der Waals surface area contributed by atoms with Gasteiger partial charge in [-0.25, -0.2) is 0 Å². The van der Waals surface area contributed by atoms with E-state index in [-0.39, 0.29) is 24.3 Å². The van der Waals surface area contributed by atoms with Crippen molar-refractivity contribution in [1.29, 1.82) is 0 Å². The van der Waals surface area contributed by atoms with E-state index in [1.165, 1.54) is 6.08 Å². The molecule has 0 spiro atoms. The first-order valence-corrected chi connectivity index (χ1v) is 6.54. The lowest BCUT2D eigenvalue weighted by Gasteiger charge is -2.08. The molecule has 0 heterocycles. The van der Waals surface area contributed by atoms with Crippen molar-refractivity contribution in [3.63, 3.8) is 0 Å². The summed E-state index contributed by atoms with van der Waals surface area (Å²) >= 11 is 0. The van der Waals surface area contributed by atoms with Crippen molar-refractivity contribution in [3.8, 4) is 0 Å². The first-order valence-electron chi connectivity index (χ1n) is 6.54. The minimum Gasteiger partial charge on any atom is -0.485 e. The van der Waals surface area contributed by atoms with Crippen LogP contribution in [0.2, 0.25) is 0 Å². The zero-order chi connectivity index (χ0) is 14.4. The van der Waals surface area contributed by atoms with Gasteiger partial charge < -0.3 is 10.1 Å². The average molecular weight is 271 g/mol. The highest BCUT2D eigenvalue weighted by Gasteiger charge is 2.23. The van der Waals surface area contributed by atoms with Crippen LogP contribution < -0.4 is 5.32 Å². The van der Waals surface area contributed by atoms with Gasteiger partial charge in [-0.05, 0) is 24.5 Å². The Morgan fingerprint density at radius 1 is 1.30 bits per heavy atom. The monoisotopic (exact) mass is 271 g/mol. The van der Waals surface area contributed by atoms with E-state index in [1.54, 1.807) is 0 Å². The summed E-state index contributed by atoms with van der Waals surface area (Å²) in [5.74, 6) is -0.681. The lowest BCUT2D eigenvalue weighted by atomic mass is 10.2. The Morgan fingerprint density at radius 3 is 2.60 bits per heavy atom. The van der Waals surface area contributed by atoms with Crippen LogP contribution in [0.25, 0.3) is 0 Å². The number of benzene rings is 1. The molecule has 0 aliphatic heterocycles. The van der Waals surface area contributed by atoms with Gasteiger partial charge in [0, 0.05) is 12.1 Å². The Bertz CT molecular complexity index is 530. The minimum absolute atomic E-state index is 0.0157. The van der Waals surface area contributed by atoms with Gasteiger partial charge in [0.1, 0.15) is 6.61 Å². The van der Waals surface area contributed by atoms with Crippen LogP contribution in [0.5, 0.6) is 0 Å². The number of hydrogen-bond donors (Lipinski definition) is 1. The summed E-state index contributed by atoms with van der Waals surface area (Å²) in [6.07, 6.45) is 4.33. The van der Waals surface area contributed by atoms with Crippen molar-refractivity contribution >= 4 is 11.7 Å². The topological polar surface area (TPSA) is 55.4 Å². The lowest BCUT2D eigenvalue weighted by molar-refractivity contribution is -0.118. The molecular weight excluding hydrogens is 254 g/mol. The Hall–Kier alpha value is -2.36. The number of allylic oxidation sites excluding steroid dienone is 1. The van der Waals surface area contributed by atoms with E-state index in [4.69, 9.17) is 4.74 Å². The van der Waals surface area contributed by atoms with Gasteiger partial charge in [-0.2, -0.15) is 0 Å². The molecule has 1 N–H and O–H groups in total. The molecule has 104 valence electrons. The maximum absolute atomic E-state index is 11.7. The van der Waals surface area contributed by atoms with E-state index in [1.807, 2.05) is 30.3 Å². The molecule has 0 bridgehead atoms. The first kappa shape index (κ1) is 14.1. The third kappa shape index (κ3) is 4.39. The van der Waals surface area contributed by atoms with Crippen LogP contribution in [0, 0.1) is 0 Å². The molecule has 0 atom stereocenters. The molecular formula is C16H17NO3. The first-order chi connectivity index (χ1) is 9.69. The summed E-state index contributed by atoms with van der Waals surface area (Å²) in [6.45, 7) is 3.65. The highest BCUT2D eigenvalue weighted by molar-refractivity contribution is 6.06. The fourth-order valence-corrected chi connectivity index (χ4v) is 1.61. The van der Waals surface area contributed by atoms with Gasteiger partial charge in [0.05, 0.1) is 0 Å². The summed E-state index contributed by atoms with van der Waals surface area (Å²) in [5, 5.41) is 2.78. The van der Waals surface area contributed by atoms with Crippen molar-refractivity contribution in [2.75, 3.05) is 0 Å². The van der Waals surface area contributed by atoms with Crippen LogP contribution >= 0.6 is 0 Å². The standard InChI is InChI=1S/C16H17NO3/c1-2-14(18)15(10-16(19)17-13-8-9-13)20-11-12-6-4-3-5-7-12/h2-7,10,13H,1,8-9,11H2,(H,17,19)/b15-10-. The van der Waals surface area contributed by atoms with Gasteiger partial charge in [-0.1, -0.05) is 36.9 Å². The van der Waals surface area contributed by atoms with E-state index in [0.29, 0.717) is 0 Å². The Balaban J connectivity index is 1.99. The molecule has 1 saturated carbocycles. The molecule has 20 heavy (non-hydrogen) atoms. The molecule has 4 nitrogen and oxygen atoms in total. The Morgan fingerprint density at radius 2 is 2.00 bits per heavy atom. The molecule has 0 saturated heterocycles. The van der Waals surface area contributed by atoms with Gasteiger partial charge in [0.25, 0.3) is 0 Å². The quantitative estimate of drug-likeness (QED) is 0.610. The molecule has 1 amide bonds. The molecule has 0 unspecified atom stereocenters. The smallest absolute Gasteiger partial charge is 0.248 e. The van der Waals surface area contributed by atoms with Gasteiger partial charge in [-0.15, -0.1) is 0 Å².